The first-order valence-corrected chi connectivity index (χ1v) is 11.7. The number of hydrogen-bond acceptors (Lipinski definition) is 6. The minimum Gasteiger partial charge on any atom is -0.397 e. The standard InChI is InChI=1S/C20H20F3N3O.C5H4F3N3O/c1-2-3-4-6-26-7-5-14-9-16(17(21)10-15(14)20(26)27)19-24-11-13(12-25-19)8-18(22)23;6-5(7,8)3-2(9)1-10-11-4(3)12/h5,7,9-12,18H,2-4,6,8H2,1H3;1H,(H3,9,11,12). The quantitative estimate of drug-likeness (QED) is 0.246. The van der Waals surface area contributed by atoms with Gasteiger partial charge in [0.2, 0.25) is 6.43 Å². The second kappa shape index (κ2) is 12.5. The van der Waals surface area contributed by atoms with Gasteiger partial charge in [-0.1, -0.05) is 19.8 Å². The zero-order valence-electron chi connectivity index (χ0n) is 20.6. The summed E-state index contributed by atoms with van der Waals surface area (Å²) in [5.74, 6) is -0.521. The molecule has 1 aromatic carbocycles. The molecule has 0 bridgehead atoms. The summed E-state index contributed by atoms with van der Waals surface area (Å²) in [6.07, 6.45) is 0.274. The molecule has 0 radical (unpaired) electrons. The van der Waals surface area contributed by atoms with Crippen LogP contribution in [0.25, 0.3) is 22.2 Å². The molecule has 0 aliphatic rings. The lowest BCUT2D eigenvalue weighted by atomic mass is 10.1. The van der Waals surface area contributed by atoms with Gasteiger partial charge in [0.05, 0.1) is 22.8 Å². The average molecular weight is 554 g/mol. The maximum atomic E-state index is 14.6. The summed E-state index contributed by atoms with van der Waals surface area (Å²) in [7, 11) is 0. The molecule has 0 spiro atoms. The molecule has 4 aromatic rings. The fourth-order valence-electron chi connectivity index (χ4n) is 3.67. The fraction of sp³-hybridized carbons (Fsp3) is 0.320. The number of nitrogens with one attached hydrogen (secondary N) is 1. The monoisotopic (exact) mass is 554 g/mol. The van der Waals surface area contributed by atoms with Gasteiger partial charge in [0.15, 0.2) is 5.82 Å². The fourth-order valence-corrected chi connectivity index (χ4v) is 3.67. The first-order chi connectivity index (χ1) is 18.4. The van der Waals surface area contributed by atoms with E-state index in [-0.39, 0.29) is 22.5 Å². The smallest absolute Gasteiger partial charge is 0.397 e. The van der Waals surface area contributed by atoms with Crippen molar-refractivity contribution >= 4 is 16.5 Å². The van der Waals surface area contributed by atoms with E-state index in [9.17, 15) is 35.9 Å². The van der Waals surface area contributed by atoms with E-state index >= 15 is 0 Å². The van der Waals surface area contributed by atoms with Crippen LogP contribution in [0, 0.1) is 5.82 Å². The predicted molar refractivity (Wildman–Crippen MR) is 133 cm³/mol. The molecule has 0 saturated carbocycles. The SMILES string of the molecule is CCCCCn1ccc2cc(-c3ncc(CC(F)F)cn3)c(F)cc2c1=O.Nc1cn[nH]c(=O)c1C(F)(F)F. The number of aryl methyl sites for hydroxylation is 1. The van der Waals surface area contributed by atoms with Crippen LogP contribution < -0.4 is 16.9 Å². The van der Waals surface area contributed by atoms with Crippen LogP contribution in [0.1, 0.15) is 37.3 Å². The van der Waals surface area contributed by atoms with Crippen molar-refractivity contribution in [3.8, 4) is 11.4 Å². The van der Waals surface area contributed by atoms with Crippen molar-refractivity contribution in [1.29, 1.82) is 0 Å². The number of nitrogens with zero attached hydrogens (tertiary/aromatic N) is 4. The van der Waals surface area contributed by atoms with Gasteiger partial charge < -0.3 is 10.3 Å². The van der Waals surface area contributed by atoms with Crippen molar-refractivity contribution in [2.75, 3.05) is 5.73 Å². The summed E-state index contributed by atoms with van der Waals surface area (Å²) in [5.41, 5.74) is 1.68. The third-order valence-electron chi connectivity index (χ3n) is 5.57. The minimum atomic E-state index is -4.74. The molecule has 4 rings (SSSR count). The number of hydrogen-bond donors (Lipinski definition) is 2. The van der Waals surface area contributed by atoms with E-state index in [1.165, 1.54) is 24.5 Å². The number of alkyl halides is 5. The van der Waals surface area contributed by atoms with Gasteiger partial charge in [-0.15, -0.1) is 0 Å². The van der Waals surface area contributed by atoms with Gasteiger partial charge in [0, 0.05) is 31.6 Å². The number of pyridine rings is 1. The van der Waals surface area contributed by atoms with Gasteiger partial charge in [0.1, 0.15) is 11.4 Å². The first kappa shape index (κ1) is 29.3. The Morgan fingerprint density at radius 1 is 1.08 bits per heavy atom. The Hall–Kier alpha value is -4.23. The van der Waals surface area contributed by atoms with Gasteiger partial charge >= 0.3 is 6.18 Å². The Bertz CT molecular complexity index is 1530. The van der Waals surface area contributed by atoms with E-state index in [4.69, 9.17) is 5.73 Å². The van der Waals surface area contributed by atoms with Gasteiger partial charge in [-0.3, -0.25) is 9.59 Å². The lowest BCUT2D eigenvalue weighted by molar-refractivity contribution is -0.138. The largest absolute Gasteiger partial charge is 0.423 e. The summed E-state index contributed by atoms with van der Waals surface area (Å²) in [6.45, 7) is 2.68. The topological polar surface area (TPSA) is 120 Å². The lowest BCUT2D eigenvalue weighted by Gasteiger charge is -2.09. The van der Waals surface area contributed by atoms with Gasteiger partial charge in [-0.25, -0.2) is 28.2 Å². The Labute approximate surface area is 217 Å². The Morgan fingerprint density at radius 3 is 2.33 bits per heavy atom. The van der Waals surface area contributed by atoms with E-state index in [1.807, 2.05) is 0 Å². The molecule has 0 amide bonds. The van der Waals surface area contributed by atoms with E-state index in [0.717, 1.165) is 25.5 Å². The molecule has 0 aliphatic carbocycles. The zero-order chi connectivity index (χ0) is 28.7. The Kier molecular flexibility index (Phi) is 9.43. The molecule has 208 valence electrons. The molecule has 3 heterocycles. The van der Waals surface area contributed by atoms with E-state index in [2.05, 4.69) is 22.0 Å². The summed E-state index contributed by atoms with van der Waals surface area (Å²) in [5, 5.41) is 5.62. The second-order valence-corrected chi connectivity index (χ2v) is 8.48. The molecular weight excluding hydrogens is 530 g/mol. The van der Waals surface area contributed by atoms with Crippen LogP contribution >= 0.6 is 0 Å². The number of halogens is 6. The molecule has 3 aromatic heterocycles. The number of benzene rings is 1. The molecular formula is C25H24F6N6O2. The van der Waals surface area contributed by atoms with Crippen molar-refractivity contribution in [3.05, 3.63) is 80.6 Å². The van der Waals surface area contributed by atoms with Crippen molar-refractivity contribution in [2.24, 2.45) is 0 Å². The van der Waals surface area contributed by atoms with Crippen molar-refractivity contribution < 1.29 is 26.3 Å². The summed E-state index contributed by atoms with van der Waals surface area (Å²) in [4.78, 5) is 31.1. The van der Waals surface area contributed by atoms with Gasteiger partial charge in [-0.05, 0) is 35.6 Å². The highest BCUT2D eigenvalue weighted by molar-refractivity contribution is 5.85. The van der Waals surface area contributed by atoms with E-state index < -0.39 is 41.6 Å². The molecule has 0 saturated heterocycles. The lowest BCUT2D eigenvalue weighted by Crippen LogP contribution is -2.24. The number of nitrogens with two attached hydrogens (primary N) is 1. The van der Waals surface area contributed by atoms with Crippen molar-refractivity contribution in [3.63, 3.8) is 0 Å². The highest BCUT2D eigenvalue weighted by atomic mass is 19.4. The molecule has 3 N–H and O–H groups in total. The van der Waals surface area contributed by atoms with Crippen LogP contribution in [-0.2, 0) is 19.1 Å². The Morgan fingerprint density at radius 2 is 1.77 bits per heavy atom. The highest BCUT2D eigenvalue weighted by Crippen LogP contribution is 2.29. The number of rotatable bonds is 7. The van der Waals surface area contributed by atoms with Crippen molar-refractivity contribution in [2.45, 2.75) is 51.8 Å². The van der Waals surface area contributed by atoms with Crippen LogP contribution in [-0.4, -0.2) is 31.2 Å². The summed E-state index contributed by atoms with van der Waals surface area (Å²) >= 11 is 0. The summed E-state index contributed by atoms with van der Waals surface area (Å²) < 4.78 is 76.9. The van der Waals surface area contributed by atoms with Crippen LogP contribution in [0.4, 0.5) is 32.0 Å². The number of H-pyrrole nitrogens is 1. The normalized spacial score (nSPS) is 11.5. The summed E-state index contributed by atoms with van der Waals surface area (Å²) in [6, 6.07) is 4.47. The number of anilines is 1. The third-order valence-corrected chi connectivity index (χ3v) is 5.57. The number of unbranched alkanes of at least 4 members (excludes halogenated alkanes) is 2. The molecule has 0 atom stereocenters. The Balaban J connectivity index is 0.000000293. The number of fused-ring (bicyclic) bond motifs is 1. The number of aromatic amines is 1. The maximum Gasteiger partial charge on any atom is 0.423 e. The number of nitrogen functional groups attached to an aromatic ring is 1. The van der Waals surface area contributed by atoms with Crippen LogP contribution in [0.15, 0.2) is 52.6 Å². The molecule has 0 fully saturated rings. The third kappa shape index (κ3) is 7.42. The van der Waals surface area contributed by atoms with Crippen LogP contribution in [0.5, 0.6) is 0 Å². The second-order valence-electron chi connectivity index (χ2n) is 8.48. The van der Waals surface area contributed by atoms with Crippen LogP contribution in [0.3, 0.4) is 0 Å². The minimum absolute atomic E-state index is 0.0968. The average Bonchev–Trinajstić information content (AvgIpc) is 2.85. The highest BCUT2D eigenvalue weighted by Gasteiger charge is 2.36. The van der Waals surface area contributed by atoms with Gasteiger partial charge in [0.25, 0.3) is 11.1 Å². The van der Waals surface area contributed by atoms with E-state index in [0.29, 0.717) is 17.3 Å². The maximum absolute atomic E-state index is 14.6. The van der Waals surface area contributed by atoms with E-state index in [1.54, 1.807) is 21.9 Å². The molecule has 0 unspecified atom stereocenters. The molecule has 39 heavy (non-hydrogen) atoms. The predicted octanol–water partition coefficient (Wildman–Crippen LogP) is 4.97. The number of aromatic nitrogens is 5. The zero-order valence-corrected chi connectivity index (χ0v) is 20.6. The molecule has 8 nitrogen and oxygen atoms in total. The molecule has 0 aliphatic heterocycles. The molecule has 14 heteroatoms. The first-order valence-electron chi connectivity index (χ1n) is 11.7. The van der Waals surface area contributed by atoms with Gasteiger partial charge in [-0.2, -0.15) is 18.3 Å². The van der Waals surface area contributed by atoms with Crippen LogP contribution in [0.2, 0.25) is 0 Å². The van der Waals surface area contributed by atoms with Crippen molar-refractivity contribution in [1.82, 2.24) is 24.7 Å².